The fourth-order valence-electron chi connectivity index (χ4n) is 3.45. The van der Waals surface area contributed by atoms with Crippen molar-refractivity contribution in [3.63, 3.8) is 0 Å². The molecule has 4 N–H and O–H groups in total. The molecule has 0 saturated carbocycles. The topological polar surface area (TPSA) is 70.4 Å². The number of hydrazine groups is 1. The molecule has 22 heavy (non-hydrogen) atoms. The molecular formula is C16H23BrN4O. The Morgan fingerprint density at radius 1 is 1.32 bits per heavy atom. The average molecular weight is 367 g/mol. The summed E-state index contributed by atoms with van der Waals surface area (Å²) >= 11 is 3.45. The van der Waals surface area contributed by atoms with Crippen molar-refractivity contribution in [1.82, 2.24) is 15.8 Å². The SMILES string of the molecule is CC1CC(CN)CN1C(=O)C1CC(c2ccc(Br)cc2)NN1. The molecule has 4 atom stereocenters. The molecule has 0 bridgehead atoms. The van der Waals surface area contributed by atoms with Crippen LogP contribution in [0.4, 0.5) is 0 Å². The Labute approximate surface area is 139 Å². The molecule has 1 aromatic rings. The average Bonchev–Trinajstić information content (AvgIpc) is 3.14. The van der Waals surface area contributed by atoms with E-state index in [1.165, 1.54) is 5.56 Å². The normalized spacial score (nSPS) is 31.7. The highest BCUT2D eigenvalue weighted by Gasteiger charge is 2.38. The third-order valence-electron chi connectivity index (χ3n) is 4.75. The van der Waals surface area contributed by atoms with Crippen molar-refractivity contribution in [2.45, 2.75) is 37.9 Å². The molecule has 5 nitrogen and oxygen atoms in total. The fourth-order valence-corrected chi connectivity index (χ4v) is 3.72. The van der Waals surface area contributed by atoms with Gasteiger partial charge in [0.2, 0.25) is 5.91 Å². The van der Waals surface area contributed by atoms with Gasteiger partial charge in [0, 0.05) is 23.1 Å². The number of hydrogen-bond acceptors (Lipinski definition) is 4. The van der Waals surface area contributed by atoms with Gasteiger partial charge in [0.05, 0.1) is 0 Å². The third kappa shape index (κ3) is 3.20. The Bertz CT molecular complexity index is 535. The first-order valence-electron chi connectivity index (χ1n) is 7.85. The number of carbonyl (C=O) groups excluding carboxylic acids is 1. The first-order valence-corrected chi connectivity index (χ1v) is 8.65. The van der Waals surface area contributed by atoms with Crippen molar-refractivity contribution in [3.8, 4) is 0 Å². The molecular weight excluding hydrogens is 344 g/mol. The van der Waals surface area contributed by atoms with Gasteiger partial charge in [-0.3, -0.25) is 4.79 Å². The maximum Gasteiger partial charge on any atom is 0.241 e. The minimum Gasteiger partial charge on any atom is -0.338 e. The van der Waals surface area contributed by atoms with Gasteiger partial charge in [-0.05, 0) is 49.9 Å². The lowest BCUT2D eigenvalue weighted by atomic mass is 10.0. The van der Waals surface area contributed by atoms with Crippen molar-refractivity contribution < 1.29 is 4.79 Å². The Morgan fingerprint density at radius 3 is 2.68 bits per heavy atom. The Morgan fingerprint density at radius 2 is 2.05 bits per heavy atom. The molecule has 2 aliphatic rings. The van der Waals surface area contributed by atoms with Crippen molar-refractivity contribution in [3.05, 3.63) is 34.3 Å². The monoisotopic (exact) mass is 366 g/mol. The number of nitrogens with zero attached hydrogens (tertiary/aromatic N) is 1. The van der Waals surface area contributed by atoms with E-state index in [1.54, 1.807) is 0 Å². The molecule has 2 heterocycles. The van der Waals surface area contributed by atoms with E-state index in [0.29, 0.717) is 12.5 Å². The summed E-state index contributed by atoms with van der Waals surface area (Å²) in [5.74, 6) is 0.631. The maximum atomic E-state index is 12.7. The highest BCUT2D eigenvalue weighted by atomic mass is 79.9. The van der Waals surface area contributed by atoms with Crippen LogP contribution in [0.3, 0.4) is 0 Å². The van der Waals surface area contributed by atoms with E-state index in [1.807, 2.05) is 17.0 Å². The van der Waals surface area contributed by atoms with Crippen LogP contribution in [0.2, 0.25) is 0 Å². The maximum absolute atomic E-state index is 12.7. The van der Waals surface area contributed by atoms with Crippen molar-refractivity contribution in [2.75, 3.05) is 13.1 Å². The van der Waals surface area contributed by atoms with E-state index in [2.05, 4.69) is 45.8 Å². The van der Waals surface area contributed by atoms with Crippen LogP contribution in [-0.4, -0.2) is 36.0 Å². The summed E-state index contributed by atoms with van der Waals surface area (Å²) in [4.78, 5) is 14.7. The second-order valence-electron chi connectivity index (χ2n) is 6.36. The molecule has 6 heteroatoms. The van der Waals surface area contributed by atoms with Gasteiger partial charge < -0.3 is 10.6 Å². The smallest absolute Gasteiger partial charge is 0.241 e. The Kier molecular flexibility index (Phi) is 4.82. The zero-order valence-corrected chi connectivity index (χ0v) is 14.3. The van der Waals surface area contributed by atoms with E-state index < -0.39 is 0 Å². The molecule has 3 rings (SSSR count). The number of likely N-dealkylation sites (tertiary alicyclic amines) is 1. The number of hydrogen-bond donors (Lipinski definition) is 3. The summed E-state index contributed by atoms with van der Waals surface area (Å²) in [7, 11) is 0. The van der Waals surface area contributed by atoms with E-state index in [0.717, 1.165) is 23.9 Å². The third-order valence-corrected chi connectivity index (χ3v) is 5.28. The predicted molar refractivity (Wildman–Crippen MR) is 89.9 cm³/mol. The second kappa shape index (κ2) is 6.66. The van der Waals surface area contributed by atoms with E-state index in [4.69, 9.17) is 5.73 Å². The number of amides is 1. The van der Waals surface area contributed by atoms with Crippen LogP contribution in [0.25, 0.3) is 0 Å². The zero-order valence-electron chi connectivity index (χ0n) is 12.8. The lowest BCUT2D eigenvalue weighted by molar-refractivity contribution is -0.133. The van der Waals surface area contributed by atoms with Crippen molar-refractivity contribution in [2.24, 2.45) is 11.7 Å². The van der Waals surface area contributed by atoms with Crippen LogP contribution in [0.1, 0.15) is 31.4 Å². The van der Waals surface area contributed by atoms with Crippen LogP contribution in [-0.2, 0) is 4.79 Å². The molecule has 1 amide bonds. The van der Waals surface area contributed by atoms with Crippen LogP contribution >= 0.6 is 15.9 Å². The first kappa shape index (κ1) is 15.9. The second-order valence-corrected chi connectivity index (χ2v) is 7.27. The van der Waals surface area contributed by atoms with Crippen LogP contribution in [0, 0.1) is 5.92 Å². The summed E-state index contributed by atoms with van der Waals surface area (Å²) in [6, 6.07) is 8.52. The minimum atomic E-state index is -0.160. The highest BCUT2D eigenvalue weighted by molar-refractivity contribution is 9.10. The van der Waals surface area contributed by atoms with Crippen LogP contribution < -0.4 is 16.6 Å². The zero-order chi connectivity index (χ0) is 15.7. The summed E-state index contributed by atoms with van der Waals surface area (Å²) in [6.45, 7) is 3.56. The van der Waals surface area contributed by atoms with Gasteiger partial charge in [0.1, 0.15) is 6.04 Å². The quantitative estimate of drug-likeness (QED) is 0.758. The number of rotatable bonds is 3. The van der Waals surface area contributed by atoms with Crippen molar-refractivity contribution >= 4 is 21.8 Å². The minimum absolute atomic E-state index is 0.160. The van der Waals surface area contributed by atoms with Crippen LogP contribution in [0.15, 0.2) is 28.7 Å². The highest BCUT2D eigenvalue weighted by Crippen LogP contribution is 2.28. The number of nitrogens with two attached hydrogens (primary N) is 1. The number of benzene rings is 1. The molecule has 4 unspecified atom stereocenters. The molecule has 0 aliphatic carbocycles. The number of carbonyl (C=O) groups is 1. The van der Waals surface area contributed by atoms with Gasteiger partial charge in [0.15, 0.2) is 0 Å². The molecule has 2 fully saturated rings. The summed E-state index contributed by atoms with van der Waals surface area (Å²) < 4.78 is 1.06. The number of halogens is 1. The lowest BCUT2D eigenvalue weighted by Crippen LogP contribution is -2.47. The largest absolute Gasteiger partial charge is 0.338 e. The van der Waals surface area contributed by atoms with Gasteiger partial charge in [0.25, 0.3) is 0 Å². The molecule has 1 aromatic carbocycles. The molecule has 0 spiro atoms. The van der Waals surface area contributed by atoms with Gasteiger partial charge in [-0.1, -0.05) is 28.1 Å². The van der Waals surface area contributed by atoms with Crippen molar-refractivity contribution in [1.29, 1.82) is 0 Å². The number of nitrogens with one attached hydrogen (secondary N) is 2. The molecule has 0 aromatic heterocycles. The van der Waals surface area contributed by atoms with E-state index >= 15 is 0 Å². The fraction of sp³-hybridized carbons (Fsp3) is 0.562. The molecule has 0 radical (unpaired) electrons. The lowest BCUT2D eigenvalue weighted by Gasteiger charge is -2.24. The van der Waals surface area contributed by atoms with E-state index in [-0.39, 0.29) is 24.0 Å². The standard InChI is InChI=1S/C16H23BrN4O/c1-10-6-11(8-18)9-21(10)16(22)15-7-14(19-20-15)12-2-4-13(17)5-3-12/h2-5,10-11,14-15,19-20H,6-9,18H2,1H3. The van der Waals surface area contributed by atoms with Gasteiger partial charge in [-0.2, -0.15) is 0 Å². The molecule has 2 saturated heterocycles. The summed E-state index contributed by atoms with van der Waals surface area (Å²) in [5, 5.41) is 0. The summed E-state index contributed by atoms with van der Waals surface area (Å²) in [5.41, 5.74) is 13.4. The summed E-state index contributed by atoms with van der Waals surface area (Å²) in [6.07, 6.45) is 1.79. The van der Waals surface area contributed by atoms with E-state index in [9.17, 15) is 4.79 Å². The Hall–Kier alpha value is -0.950. The molecule has 120 valence electrons. The van der Waals surface area contributed by atoms with Gasteiger partial charge >= 0.3 is 0 Å². The Balaban J connectivity index is 1.62. The molecule has 2 aliphatic heterocycles. The van der Waals surface area contributed by atoms with Gasteiger partial charge in [-0.25, -0.2) is 10.9 Å². The van der Waals surface area contributed by atoms with Crippen LogP contribution in [0.5, 0.6) is 0 Å². The van der Waals surface area contributed by atoms with Gasteiger partial charge in [-0.15, -0.1) is 0 Å². The first-order chi connectivity index (χ1) is 10.6. The predicted octanol–water partition coefficient (Wildman–Crippen LogP) is 1.55.